The van der Waals surface area contributed by atoms with E-state index in [0.717, 1.165) is 11.3 Å². The molecule has 2 aromatic rings. The number of nitrogens with two attached hydrogens (primary N) is 1. The fourth-order valence-corrected chi connectivity index (χ4v) is 2.18. The molecule has 1 aromatic heterocycles. The van der Waals surface area contributed by atoms with Gasteiger partial charge in [0.1, 0.15) is 0 Å². The first kappa shape index (κ1) is 11.1. The van der Waals surface area contributed by atoms with Crippen molar-refractivity contribution in [2.45, 2.75) is 6.43 Å². The van der Waals surface area contributed by atoms with E-state index in [2.05, 4.69) is 4.98 Å². The number of carbonyl (C=O) groups is 1. The zero-order valence-electron chi connectivity index (χ0n) is 8.11. The molecule has 84 valence electrons. The first-order valence-electron chi connectivity index (χ1n) is 4.53. The minimum Gasteiger partial charge on any atom is -0.324 e. The number of halogens is 2. The van der Waals surface area contributed by atoms with Crippen molar-refractivity contribution in [3.63, 3.8) is 0 Å². The molecule has 16 heavy (non-hydrogen) atoms. The minimum absolute atomic E-state index is 0.0930. The highest BCUT2D eigenvalue weighted by atomic mass is 32.1. The van der Waals surface area contributed by atoms with Gasteiger partial charge in [0.05, 0.1) is 16.8 Å². The van der Waals surface area contributed by atoms with E-state index in [1.54, 1.807) is 6.07 Å². The van der Waals surface area contributed by atoms with Gasteiger partial charge in [-0.15, -0.1) is 11.3 Å². The molecule has 0 unspecified atom stereocenters. The smallest absolute Gasteiger partial charge is 0.263 e. The summed E-state index contributed by atoms with van der Waals surface area (Å²) in [6.45, 7) is -0.123. The average molecular weight is 242 g/mol. The maximum absolute atomic E-state index is 12.4. The van der Waals surface area contributed by atoms with Crippen LogP contribution in [0.2, 0.25) is 0 Å². The van der Waals surface area contributed by atoms with Gasteiger partial charge in [0, 0.05) is 5.56 Å². The van der Waals surface area contributed by atoms with Crippen molar-refractivity contribution in [3.8, 4) is 0 Å². The minimum atomic E-state index is -2.53. The highest BCUT2D eigenvalue weighted by Gasteiger charge is 2.13. The molecule has 0 atom stereocenters. The number of hydrogen-bond acceptors (Lipinski definition) is 4. The number of aromatic nitrogens is 1. The second kappa shape index (κ2) is 4.23. The third kappa shape index (κ3) is 1.94. The molecular weight excluding hydrogens is 234 g/mol. The highest BCUT2D eigenvalue weighted by Crippen LogP contribution is 2.27. The highest BCUT2D eigenvalue weighted by molar-refractivity contribution is 7.20. The van der Waals surface area contributed by atoms with Crippen molar-refractivity contribution >= 4 is 27.3 Å². The van der Waals surface area contributed by atoms with Crippen LogP contribution in [0.1, 0.15) is 21.8 Å². The Labute approximate surface area is 93.9 Å². The van der Waals surface area contributed by atoms with Gasteiger partial charge in [-0.25, -0.2) is 13.8 Å². The molecule has 0 amide bonds. The van der Waals surface area contributed by atoms with Crippen LogP contribution >= 0.6 is 11.3 Å². The predicted octanol–water partition coefficient (Wildman–Crippen LogP) is 2.38. The molecule has 0 aliphatic heterocycles. The molecule has 0 fully saturated rings. The van der Waals surface area contributed by atoms with Crippen LogP contribution in [0.15, 0.2) is 18.2 Å². The molecule has 1 aromatic carbocycles. The number of nitrogens with zero attached hydrogens (tertiary/aromatic N) is 1. The van der Waals surface area contributed by atoms with Crippen molar-refractivity contribution < 1.29 is 13.6 Å². The van der Waals surface area contributed by atoms with Gasteiger partial charge in [-0.2, -0.15) is 0 Å². The Kier molecular flexibility index (Phi) is 2.93. The van der Waals surface area contributed by atoms with E-state index < -0.39 is 6.43 Å². The SMILES string of the molecule is NCC(=O)c1nc2cc(C(F)F)ccc2s1. The normalized spacial score (nSPS) is 11.2. The Hall–Kier alpha value is -1.40. The largest absolute Gasteiger partial charge is 0.324 e. The van der Waals surface area contributed by atoms with E-state index in [-0.39, 0.29) is 22.9 Å². The third-order valence-electron chi connectivity index (χ3n) is 2.09. The summed E-state index contributed by atoms with van der Waals surface area (Å²) in [4.78, 5) is 15.3. The quantitative estimate of drug-likeness (QED) is 0.841. The monoisotopic (exact) mass is 242 g/mol. The summed E-state index contributed by atoms with van der Waals surface area (Å²) in [5.74, 6) is -0.278. The zero-order chi connectivity index (χ0) is 11.7. The van der Waals surface area contributed by atoms with Crippen LogP contribution in [-0.2, 0) is 0 Å². The number of rotatable bonds is 3. The fraction of sp³-hybridized carbons (Fsp3) is 0.200. The molecule has 0 spiro atoms. The maximum atomic E-state index is 12.4. The molecule has 0 saturated heterocycles. The van der Waals surface area contributed by atoms with Crippen LogP contribution in [-0.4, -0.2) is 17.3 Å². The summed E-state index contributed by atoms with van der Waals surface area (Å²) in [7, 11) is 0. The van der Waals surface area contributed by atoms with Gasteiger partial charge in [0.15, 0.2) is 5.01 Å². The number of fused-ring (bicyclic) bond motifs is 1. The molecular formula is C10H8F2N2OS. The first-order chi connectivity index (χ1) is 7.61. The Balaban J connectivity index is 2.50. The number of carbonyl (C=O) groups excluding carboxylic acids is 1. The summed E-state index contributed by atoms with van der Waals surface area (Å²) in [5.41, 5.74) is 5.52. The lowest BCUT2D eigenvalue weighted by atomic mass is 10.2. The summed E-state index contributed by atoms with van der Waals surface area (Å²) >= 11 is 1.16. The summed E-state index contributed by atoms with van der Waals surface area (Å²) in [5, 5.41) is 0.268. The van der Waals surface area contributed by atoms with Crippen molar-refractivity contribution in [2.24, 2.45) is 5.73 Å². The van der Waals surface area contributed by atoms with Crippen LogP contribution in [0.3, 0.4) is 0 Å². The summed E-state index contributed by atoms with van der Waals surface area (Å²) < 4.78 is 25.5. The van der Waals surface area contributed by atoms with Crippen LogP contribution in [0, 0.1) is 0 Å². The Bertz CT molecular complexity index is 539. The molecule has 3 nitrogen and oxygen atoms in total. The van der Waals surface area contributed by atoms with Crippen molar-refractivity contribution in [1.82, 2.24) is 4.98 Å². The van der Waals surface area contributed by atoms with Gasteiger partial charge in [0.25, 0.3) is 6.43 Å². The Morgan fingerprint density at radius 3 is 2.88 bits per heavy atom. The lowest BCUT2D eigenvalue weighted by Gasteiger charge is -1.96. The summed E-state index contributed by atoms with van der Waals surface area (Å²) in [6.07, 6.45) is -2.53. The molecule has 0 aliphatic carbocycles. The Morgan fingerprint density at radius 2 is 2.25 bits per heavy atom. The van der Waals surface area contributed by atoms with Crippen LogP contribution in [0.4, 0.5) is 8.78 Å². The molecule has 0 aliphatic rings. The first-order valence-corrected chi connectivity index (χ1v) is 5.35. The van der Waals surface area contributed by atoms with E-state index in [0.29, 0.717) is 10.2 Å². The number of thiazole rings is 1. The van der Waals surface area contributed by atoms with Gasteiger partial charge in [-0.1, -0.05) is 6.07 Å². The molecule has 0 bridgehead atoms. The van der Waals surface area contributed by atoms with Crippen LogP contribution < -0.4 is 5.73 Å². The summed E-state index contributed by atoms with van der Waals surface area (Å²) in [6, 6.07) is 4.17. The van der Waals surface area contributed by atoms with Crippen molar-refractivity contribution in [3.05, 3.63) is 28.8 Å². The molecule has 2 N–H and O–H groups in total. The standard InChI is InChI=1S/C10H8F2N2OS/c11-9(12)5-1-2-8-6(3-5)14-10(16-8)7(15)4-13/h1-3,9H,4,13H2. The molecule has 1 heterocycles. The number of ketones is 1. The van der Waals surface area contributed by atoms with Crippen LogP contribution in [0.25, 0.3) is 10.2 Å². The van der Waals surface area contributed by atoms with E-state index >= 15 is 0 Å². The third-order valence-corrected chi connectivity index (χ3v) is 3.16. The number of Topliss-reactive ketones (excluding diaryl/α,β-unsaturated/α-hetero) is 1. The molecule has 0 radical (unpaired) electrons. The lowest BCUT2D eigenvalue weighted by molar-refractivity contribution is 0.100. The second-order valence-electron chi connectivity index (χ2n) is 3.17. The van der Waals surface area contributed by atoms with E-state index in [1.807, 2.05) is 0 Å². The van der Waals surface area contributed by atoms with E-state index in [4.69, 9.17) is 5.73 Å². The lowest BCUT2D eigenvalue weighted by Crippen LogP contribution is -2.12. The van der Waals surface area contributed by atoms with Crippen molar-refractivity contribution in [2.75, 3.05) is 6.54 Å². The zero-order valence-corrected chi connectivity index (χ0v) is 8.93. The van der Waals surface area contributed by atoms with Gasteiger partial charge >= 0.3 is 0 Å². The topological polar surface area (TPSA) is 56.0 Å². The molecule has 2 rings (SSSR count). The van der Waals surface area contributed by atoms with E-state index in [1.165, 1.54) is 12.1 Å². The van der Waals surface area contributed by atoms with Crippen molar-refractivity contribution in [1.29, 1.82) is 0 Å². The van der Waals surface area contributed by atoms with Gasteiger partial charge in [-0.05, 0) is 12.1 Å². The number of benzene rings is 1. The average Bonchev–Trinajstić information content (AvgIpc) is 2.70. The fourth-order valence-electron chi connectivity index (χ4n) is 1.29. The Morgan fingerprint density at radius 1 is 1.50 bits per heavy atom. The van der Waals surface area contributed by atoms with Gasteiger partial charge < -0.3 is 5.73 Å². The number of hydrogen-bond donors (Lipinski definition) is 1. The second-order valence-corrected chi connectivity index (χ2v) is 4.20. The predicted molar refractivity (Wildman–Crippen MR) is 58.0 cm³/mol. The van der Waals surface area contributed by atoms with E-state index in [9.17, 15) is 13.6 Å². The number of alkyl halides is 2. The molecule has 0 saturated carbocycles. The molecule has 6 heteroatoms. The van der Waals surface area contributed by atoms with Crippen LogP contribution in [0.5, 0.6) is 0 Å². The maximum Gasteiger partial charge on any atom is 0.263 e. The van der Waals surface area contributed by atoms with Gasteiger partial charge in [-0.3, -0.25) is 4.79 Å². The van der Waals surface area contributed by atoms with Gasteiger partial charge in [0.2, 0.25) is 5.78 Å².